The van der Waals surface area contributed by atoms with Crippen molar-refractivity contribution in [1.29, 1.82) is 0 Å². The Morgan fingerprint density at radius 2 is 1.96 bits per heavy atom. The first kappa shape index (κ1) is 16.4. The second kappa shape index (κ2) is 5.72. The van der Waals surface area contributed by atoms with E-state index in [0.29, 0.717) is 24.8 Å². The minimum Gasteiger partial charge on any atom is -0.329 e. The molecule has 1 fully saturated rings. The first-order chi connectivity index (χ1) is 11.9. The molecule has 2 aliphatic rings. The Morgan fingerprint density at radius 1 is 1.20 bits per heavy atom. The Labute approximate surface area is 146 Å². The van der Waals surface area contributed by atoms with Crippen molar-refractivity contribution in [1.82, 2.24) is 19.7 Å². The fraction of sp³-hybridized carbons (Fsp3) is 0.438. The molecule has 4 rings (SSSR count). The summed E-state index contributed by atoms with van der Waals surface area (Å²) in [5.41, 5.74) is -1.15. The fourth-order valence-corrected chi connectivity index (χ4v) is 3.40. The quantitative estimate of drug-likeness (QED) is 0.813. The van der Waals surface area contributed by atoms with Gasteiger partial charge >= 0.3 is 6.18 Å². The largest absolute Gasteiger partial charge is 0.417 e. The molecule has 1 aromatic carbocycles. The third-order valence-electron chi connectivity index (χ3n) is 4.55. The lowest BCUT2D eigenvalue weighted by Crippen LogP contribution is -2.39. The van der Waals surface area contributed by atoms with Gasteiger partial charge in [-0.1, -0.05) is 17.7 Å². The molecule has 0 atom stereocenters. The predicted molar refractivity (Wildman–Crippen MR) is 83.2 cm³/mol. The summed E-state index contributed by atoms with van der Waals surface area (Å²) in [5.74, 6) is 1.52. The molecule has 0 bridgehead atoms. The summed E-state index contributed by atoms with van der Waals surface area (Å²) in [6.07, 6.45) is -2.41. The van der Waals surface area contributed by atoms with Gasteiger partial charge in [-0.3, -0.25) is 4.79 Å². The summed E-state index contributed by atoms with van der Waals surface area (Å²) in [5, 5.41) is 7.76. The van der Waals surface area contributed by atoms with E-state index in [-0.39, 0.29) is 12.1 Å². The molecule has 0 unspecified atom stereocenters. The third kappa shape index (κ3) is 2.88. The maximum atomic E-state index is 13.0. The molecule has 0 spiro atoms. The monoisotopic (exact) mass is 370 g/mol. The van der Waals surface area contributed by atoms with Crippen LogP contribution in [0.1, 0.15) is 46.3 Å². The highest BCUT2D eigenvalue weighted by Gasteiger charge is 2.36. The van der Waals surface area contributed by atoms with Crippen LogP contribution in [0, 0.1) is 0 Å². The number of carbonyl (C=O) groups excluding carboxylic acids is 1. The van der Waals surface area contributed by atoms with E-state index in [1.165, 1.54) is 17.0 Å². The normalized spacial score (nSPS) is 17.5. The summed E-state index contributed by atoms with van der Waals surface area (Å²) < 4.78 is 41.0. The molecule has 1 saturated carbocycles. The van der Waals surface area contributed by atoms with Crippen LogP contribution in [-0.2, 0) is 19.3 Å². The molecule has 1 aromatic heterocycles. The van der Waals surface area contributed by atoms with E-state index in [2.05, 4.69) is 10.2 Å². The van der Waals surface area contributed by atoms with Gasteiger partial charge in [-0.25, -0.2) is 0 Å². The number of alkyl halides is 3. The molecule has 0 N–H and O–H groups in total. The highest BCUT2D eigenvalue weighted by Crippen LogP contribution is 2.40. The van der Waals surface area contributed by atoms with Gasteiger partial charge in [-0.15, -0.1) is 10.2 Å². The van der Waals surface area contributed by atoms with E-state index in [9.17, 15) is 18.0 Å². The summed E-state index contributed by atoms with van der Waals surface area (Å²) in [6.45, 7) is 1.14. The Hall–Kier alpha value is -2.09. The average molecular weight is 371 g/mol. The zero-order valence-corrected chi connectivity index (χ0v) is 13.8. The number of carbonyl (C=O) groups is 1. The van der Waals surface area contributed by atoms with E-state index in [1.807, 2.05) is 4.57 Å². The standard InChI is InChI=1S/C16H14ClF3N4O/c17-13-10(2-1-3-11(13)16(18,19)20)15(25)23-6-7-24-12(8-23)21-22-14(24)9-4-5-9/h1-3,9H,4-8H2. The number of fused-ring (bicyclic) bond motifs is 1. The van der Waals surface area contributed by atoms with Gasteiger partial charge < -0.3 is 9.47 Å². The predicted octanol–water partition coefficient (Wildman–Crippen LogP) is 3.48. The van der Waals surface area contributed by atoms with Gasteiger partial charge in [0.25, 0.3) is 5.91 Å². The molecule has 5 nitrogen and oxygen atoms in total. The summed E-state index contributed by atoms with van der Waals surface area (Å²) >= 11 is 5.86. The topological polar surface area (TPSA) is 51.0 Å². The van der Waals surface area contributed by atoms with Crippen LogP contribution in [0.5, 0.6) is 0 Å². The lowest BCUT2D eigenvalue weighted by Gasteiger charge is -2.28. The maximum absolute atomic E-state index is 13.0. The van der Waals surface area contributed by atoms with Crippen molar-refractivity contribution in [2.24, 2.45) is 0 Å². The smallest absolute Gasteiger partial charge is 0.329 e. The van der Waals surface area contributed by atoms with Crippen LogP contribution in [-0.4, -0.2) is 32.1 Å². The van der Waals surface area contributed by atoms with Gasteiger partial charge in [0, 0.05) is 19.0 Å². The average Bonchev–Trinajstić information content (AvgIpc) is 3.32. The number of aromatic nitrogens is 3. The summed E-state index contributed by atoms with van der Waals surface area (Å²) in [7, 11) is 0. The molecule has 1 aliphatic heterocycles. The molecule has 1 aliphatic carbocycles. The molecule has 0 radical (unpaired) electrons. The second-order valence-electron chi connectivity index (χ2n) is 6.29. The fourth-order valence-electron chi connectivity index (χ4n) is 3.08. The zero-order chi connectivity index (χ0) is 17.8. The van der Waals surface area contributed by atoms with Crippen molar-refractivity contribution in [3.05, 3.63) is 46.0 Å². The third-order valence-corrected chi connectivity index (χ3v) is 4.95. The lowest BCUT2D eigenvalue weighted by molar-refractivity contribution is -0.137. The number of benzene rings is 1. The van der Waals surface area contributed by atoms with E-state index in [1.54, 1.807) is 0 Å². The Balaban J connectivity index is 1.60. The van der Waals surface area contributed by atoms with Crippen molar-refractivity contribution in [2.45, 2.75) is 38.0 Å². The summed E-state index contributed by atoms with van der Waals surface area (Å²) in [4.78, 5) is 14.1. The van der Waals surface area contributed by atoms with Crippen molar-refractivity contribution >= 4 is 17.5 Å². The number of hydrogen-bond acceptors (Lipinski definition) is 3. The molecule has 25 heavy (non-hydrogen) atoms. The molecular formula is C16H14ClF3N4O. The van der Waals surface area contributed by atoms with Crippen LogP contribution >= 0.6 is 11.6 Å². The molecular weight excluding hydrogens is 357 g/mol. The highest BCUT2D eigenvalue weighted by molar-refractivity contribution is 6.34. The van der Waals surface area contributed by atoms with Gasteiger partial charge in [-0.05, 0) is 25.0 Å². The Morgan fingerprint density at radius 3 is 2.64 bits per heavy atom. The number of halogens is 4. The van der Waals surface area contributed by atoms with Gasteiger partial charge in [0.2, 0.25) is 0 Å². The van der Waals surface area contributed by atoms with Crippen LogP contribution in [0.15, 0.2) is 18.2 Å². The number of rotatable bonds is 2. The highest BCUT2D eigenvalue weighted by atomic mass is 35.5. The maximum Gasteiger partial charge on any atom is 0.417 e. The minimum atomic E-state index is -4.60. The molecule has 0 saturated heterocycles. The Kier molecular flexibility index (Phi) is 3.75. The van der Waals surface area contributed by atoms with Crippen molar-refractivity contribution < 1.29 is 18.0 Å². The van der Waals surface area contributed by atoms with Crippen LogP contribution in [0.3, 0.4) is 0 Å². The van der Waals surface area contributed by atoms with Crippen molar-refractivity contribution in [2.75, 3.05) is 6.54 Å². The van der Waals surface area contributed by atoms with Gasteiger partial charge in [0.15, 0.2) is 5.82 Å². The van der Waals surface area contributed by atoms with Gasteiger partial charge in [0.05, 0.1) is 22.7 Å². The molecule has 2 aromatic rings. The number of nitrogens with zero attached hydrogens (tertiary/aromatic N) is 4. The van der Waals surface area contributed by atoms with E-state index >= 15 is 0 Å². The van der Waals surface area contributed by atoms with Gasteiger partial charge in [0.1, 0.15) is 5.82 Å². The lowest BCUT2D eigenvalue weighted by atomic mass is 10.1. The number of hydrogen-bond donors (Lipinski definition) is 0. The van der Waals surface area contributed by atoms with Gasteiger partial charge in [-0.2, -0.15) is 13.2 Å². The first-order valence-corrected chi connectivity index (χ1v) is 8.31. The van der Waals surface area contributed by atoms with Crippen molar-refractivity contribution in [3.63, 3.8) is 0 Å². The van der Waals surface area contributed by atoms with Crippen LogP contribution < -0.4 is 0 Å². The molecule has 2 heterocycles. The number of amides is 1. The first-order valence-electron chi connectivity index (χ1n) is 7.93. The molecule has 1 amide bonds. The van der Waals surface area contributed by atoms with E-state index < -0.39 is 22.7 Å². The zero-order valence-electron chi connectivity index (χ0n) is 13.1. The van der Waals surface area contributed by atoms with E-state index in [0.717, 1.165) is 24.7 Å². The van der Waals surface area contributed by atoms with Crippen LogP contribution in [0.4, 0.5) is 13.2 Å². The van der Waals surface area contributed by atoms with Crippen LogP contribution in [0.2, 0.25) is 5.02 Å². The Bertz CT molecular complexity index is 844. The van der Waals surface area contributed by atoms with Crippen molar-refractivity contribution in [3.8, 4) is 0 Å². The SMILES string of the molecule is O=C(c1cccc(C(F)(F)F)c1Cl)N1CCn2c(nnc2C2CC2)C1. The molecule has 132 valence electrons. The minimum absolute atomic E-state index is 0.146. The second-order valence-corrected chi connectivity index (χ2v) is 6.67. The molecule has 9 heteroatoms. The summed E-state index contributed by atoms with van der Waals surface area (Å²) in [6, 6.07) is 3.38. The van der Waals surface area contributed by atoms with Crippen LogP contribution in [0.25, 0.3) is 0 Å². The van der Waals surface area contributed by atoms with E-state index in [4.69, 9.17) is 11.6 Å².